The Morgan fingerprint density at radius 1 is 1.37 bits per heavy atom. The van der Waals surface area contributed by atoms with E-state index in [1.165, 1.54) is 0 Å². The topological polar surface area (TPSA) is 74.2 Å². The highest BCUT2D eigenvalue weighted by molar-refractivity contribution is 5.24. The van der Waals surface area contributed by atoms with E-state index in [0.29, 0.717) is 5.82 Å². The number of halogens is 2. The van der Waals surface area contributed by atoms with Gasteiger partial charge in [0.05, 0.1) is 5.54 Å². The van der Waals surface area contributed by atoms with Crippen LogP contribution in [0, 0.1) is 11.6 Å². The molecule has 0 bridgehead atoms. The normalized spacial score (nSPS) is 11.6. The molecule has 19 heavy (non-hydrogen) atoms. The van der Waals surface area contributed by atoms with E-state index >= 15 is 0 Å². The van der Waals surface area contributed by atoms with Gasteiger partial charge in [-0.05, 0) is 26.0 Å². The zero-order valence-corrected chi connectivity index (χ0v) is 10.5. The van der Waals surface area contributed by atoms with E-state index in [0.717, 1.165) is 18.2 Å². The molecule has 0 fully saturated rings. The lowest BCUT2D eigenvalue weighted by Crippen LogP contribution is -2.30. The van der Waals surface area contributed by atoms with Crippen LogP contribution in [0.1, 0.15) is 25.6 Å². The third-order valence-electron chi connectivity index (χ3n) is 2.29. The van der Waals surface area contributed by atoms with Gasteiger partial charge in [0, 0.05) is 6.07 Å². The van der Waals surface area contributed by atoms with Crippen LogP contribution >= 0.6 is 0 Å². The quantitative estimate of drug-likeness (QED) is 0.920. The molecule has 7 heteroatoms. The summed E-state index contributed by atoms with van der Waals surface area (Å²) >= 11 is 0. The van der Waals surface area contributed by atoms with Crippen molar-refractivity contribution in [3.8, 4) is 5.75 Å². The molecule has 0 saturated carbocycles. The van der Waals surface area contributed by atoms with Crippen molar-refractivity contribution in [3.05, 3.63) is 41.5 Å². The van der Waals surface area contributed by atoms with Gasteiger partial charge in [-0.1, -0.05) is 5.16 Å². The molecule has 0 amide bonds. The van der Waals surface area contributed by atoms with E-state index in [1.54, 1.807) is 13.8 Å². The minimum atomic E-state index is -0.744. The zero-order valence-electron chi connectivity index (χ0n) is 10.5. The van der Waals surface area contributed by atoms with Crippen molar-refractivity contribution in [3.63, 3.8) is 0 Å². The van der Waals surface area contributed by atoms with E-state index < -0.39 is 17.2 Å². The highest BCUT2D eigenvalue weighted by Gasteiger charge is 2.21. The molecule has 0 unspecified atom stereocenters. The second-order valence-electron chi connectivity index (χ2n) is 4.60. The van der Waals surface area contributed by atoms with Crippen molar-refractivity contribution in [2.24, 2.45) is 5.73 Å². The zero-order chi connectivity index (χ0) is 14.0. The smallest absolute Gasteiger partial charge is 0.264 e. The summed E-state index contributed by atoms with van der Waals surface area (Å²) in [5, 5.41) is 3.68. The highest BCUT2D eigenvalue weighted by Crippen LogP contribution is 2.19. The van der Waals surface area contributed by atoms with Gasteiger partial charge < -0.3 is 15.0 Å². The number of ether oxygens (including phenoxy) is 1. The molecule has 1 aromatic carbocycles. The SMILES string of the molecule is CC(C)(N)c1noc(COc2cc(F)ccc2F)n1. The Bertz CT molecular complexity index is 579. The number of aromatic nitrogens is 2. The minimum Gasteiger partial charge on any atom is -0.481 e. The standard InChI is InChI=1S/C12H13F2N3O2/c1-12(2,15)11-16-10(19-17-11)6-18-9-5-7(13)3-4-8(9)14/h3-5H,6,15H2,1-2H3. The van der Waals surface area contributed by atoms with Gasteiger partial charge in [0.15, 0.2) is 24.0 Å². The van der Waals surface area contributed by atoms with Gasteiger partial charge in [-0.15, -0.1) is 0 Å². The van der Waals surface area contributed by atoms with Crippen LogP contribution in [0.4, 0.5) is 8.78 Å². The Balaban J connectivity index is 2.06. The Labute approximate surface area is 108 Å². The summed E-state index contributed by atoms with van der Waals surface area (Å²) in [5.41, 5.74) is 5.04. The Hall–Kier alpha value is -2.02. The Morgan fingerprint density at radius 2 is 2.11 bits per heavy atom. The fourth-order valence-corrected chi connectivity index (χ4v) is 1.30. The summed E-state index contributed by atoms with van der Waals surface area (Å²) in [6.45, 7) is 3.27. The Kier molecular flexibility index (Phi) is 3.48. The second-order valence-corrected chi connectivity index (χ2v) is 4.60. The van der Waals surface area contributed by atoms with Crippen molar-refractivity contribution in [1.82, 2.24) is 10.1 Å². The van der Waals surface area contributed by atoms with E-state index in [2.05, 4.69) is 10.1 Å². The highest BCUT2D eigenvalue weighted by atomic mass is 19.1. The summed E-state index contributed by atoms with van der Waals surface area (Å²) in [7, 11) is 0. The maximum atomic E-state index is 13.3. The van der Waals surface area contributed by atoms with Crippen molar-refractivity contribution in [1.29, 1.82) is 0 Å². The molecular weight excluding hydrogens is 256 g/mol. The number of nitrogens with two attached hydrogens (primary N) is 1. The van der Waals surface area contributed by atoms with E-state index in [-0.39, 0.29) is 18.2 Å². The predicted octanol–water partition coefficient (Wildman–Crippen LogP) is 2.12. The first-order chi connectivity index (χ1) is 8.86. The van der Waals surface area contributed by atoms with E-state index in [9.17, 15) is 8.78 Å². The molecule has 0 aliphatic rings. The van der Waals surface area contributed by atoms with Crippen LogP contribution in [-0.2, 0) is 12.1 Å². The van der Waals surface area contributed by atoms with Crippen LogP contribution in [0.2, 0.25) is 0 Å². The lowest BCUT2D eigenvalue weighted by Gasteiger charge is -2.11. The molecule has 102 valence electrons. The van der Waals surface area contributed by atoms with Gasteiger partial charge in [-0.2, -0.15) is 4.98 Å². The maximum Gasteiger partial charge on any atom is 0.264 e. The molecular formula is C12H13F2N3O2. The van der Waals surface area contributed by atoms with E-state index in [1.807, 2.05) is 0 Å². The summed E-state index contributed by atoms with van der Waals surface area (Å²) in [5.74, 6) is -1.03. The first-order valence-electron chi connectivity index (χ1n) is 5.56. The van der Waals surface area contributed by atoms with Crippen LogP contribution in [0.5, 0.6) is 5.75 Å². The molecule has 0 radical (unpaired) electrons. The third kappa shape index (κ3) is 3.25. The molecule has 0 saturated heterocycles. The number of nitrogens with zero attached hydrogens (tertiary/aromatic N) is 2. The van der Waals surface area contributed by atoms with Gasteiger partial charge in [0.2, 0.25) is 0 Å². The van der Waals surface area contributed by atoms with Gasteiger partial charge in [0.25, 0.3) is 5.89 Å². The fourth-order valence-electron chi connectivity index (χ4n) is 1.30. The lowest BCUT2D eigenvalue weighted by atomic mass is 10.1. The fraction of sp³-hybridized carbons (Fsp3) is 0.333. The van der Waals surface area contributed by atoms with Crippen LogP contribution in [-0.4, -0.2) is 10.1 Å². The molecule has 2 aromatic rings. The molecule has 2 rings (SSSR count). The van der Waals surface area contributed by atoms with E-state index in [4.69, 9.17) is 15.0 Å². The van der Waals surface area contributed by atoms with Crippen LogP contribution < -0.4 is 10.5 Å². The number of rotatable bonds is 4. The molecule has 0 spiro atoms. The number of benzene rings is 1. The van der Waals surface area contributed by atoms with Crippen molar-refractivity contribution in [2.75, 3.05) is 0 Å². The lowest BCUT2D eigenvalue weighted by molar-refractivity contribution is 0.232. The minimum absolute atomic E-state index is 0.136. The monoisotopic (exact) mass is 269 g/mol. The average molecular weight is 269 g/mol. The van der Waals surface area contributed by atoms with Crippen LogP contribution in [0.25, 0.3) is 0 Å². The maximum absolute atomic E-state index is 13.3. The summed E-state index contributed by atoms with van der Waals surface area (Å²) in [6, 6.07) is 2.93. The average Bonchev–Trinajstić information content (AvgIpc) is 2.79. The van der Waals surface area contributed by atoms with Gasteiger partial charge in [0.1, 0.15) is 5.82 Å². The van der Waals surface area contributed by atoms with Crippen LogP contribution in [0.15, 0.2) is 22.7 Å². The number of hydrogen-bond acceptors (Lipinski definition) is 5. The molecule has 0 aliphatic heterocycles. The first kappa shape index (κ1) is 13.4. The van der Waals surface area contributed by atoms with Gasteiger partial charge in [-0.3, -0.25) is 0 Å². The Morgan fingerprint density at radius 3 is 2.74 bits per heavy atom. The third-order valence-corrected chi connectivity index (χ3v) is 2.29. The van der Waals surface area contributed by atoms with Crippen LogP contribution in [0.3, 0.4) is 0 Å². The molecule has 2 N–H and O–H groups in total. The molecule has 5 nitrogen and oxygen atoms in total. The van der Waals surface area contributed by atoms with Crippen molar-refractivity contribution < 1.29 is 18.0 Å². The van der Waals surface area contributed by atoms with Crippen molar-refractivity contribution in [2.45, 2.75) is 26.0 Å². The molecule has 1 aromatic heterocycles. The molecule has 1 heterocycles. The van der Waals surface area contributed by atoms with Crippen molar-refractivity contribution >= 4 is 0 Å². The summed E-state index contributed by atoms with van der Waals surface area (Å²) in [4.78, 5) is 4.00. The number of hydrogen-bond donors (Lipinski definition) is 1. The summed E-state index contributed by atoms with van der Waals surface area (Å²) in [6.07, 6.45) is 0. The summed E-state index contributed by atoms with van der Waals surface area (Å²) < 4.78 is 36.2. The largest absolute Gasteiger partial charge is 0.481 e. The molecule has 0 aliphatic carbocycles. The van der Waals surface area contributed by atoms with Gasteiger partial charge >= 0.3 is 0 Å². The van der Waals surface area contributed by atoms with Gasteiger partial charge in [-0.25, -0.2) is 8.78 Å². The molecule has 0 atom stereocenters. The predicted molar refractivity (Wildman–Crippen MR) is 62.2 cm³/mol. The first-order valence-corrected chi connectivity index (χ1v) is 5.56. The second kappa shape index (κ2) is 4.93.